The summed E-state index contributed by atoms with van der Waals surface area (Å²) >= 11 is 1.47. The molecule has 1 heterocycles. The van der Waals surface area contributed by atoms with Crippen LogP contribution in [-0.2, 0) is 4.79 Å². The third-order valence-electron chi connectivity index (χ3n) is 4.48. The normalized spacial score (nSPS) is 15.2. The first-order chi connectivity index (χ1) is 12.7. The number of hydrogen-bond donors (Lipinski definition) is 1. The van der Waals surface area contributed by atoms with E-state index < -0.39 is 0 Å². The van der Waals surface area contributed by atoms with Crippen molar-refractivity contribution in [3.8, 4) is 11.5 Å². The summed E-state index contributed by atoms with van der Waals surface area (Å²) in [5.74, 6) is 1.61. The number of benzene rings is 1. The van der Waals surface area contributed by atoms with Crippen molar-refractivity contribution in [3.05, 3.63) is 34.8 Å². The van der Waals surface area contributed by atoms with Gasteiger partial charge in [-0.15, -0.1) is 10.2 Å². The largest absolute Gasteiger partial charge is 0.497 e. The first-order valence-corrected chi connectivity index (χ1v) is 9.55. The highest BCUT2D eigenvalue weighted by Gasteiger charge is 2.20. The van der Waals surface area contributed by atoms with Gasteiger partial charge in [-0.25, -0.2) is 0 Å². The van der Waals surface area contributed by atoms with Crippen molar-refractivity contribution >= 4 is 28.5 Å². The van der Waals surface area contributed by atoms with Crippen LogP contribution < -0.4 is 14.8 Å². The molecule has 0 saturated heterocycles. The predicted octanol–water partition coefficient (Wildman–Crippen LogP) is 4.25. The number of carbonyl (C=O) groups excluding carboxylic acids is 1. The van der Waals surface area contributed by atoms with Crippen molar-refractivity contribution in [2.75, 3.05) is 19.5 Å². The lowest BCUT2D eigenvalue weighted by Crippen LogP contribution is -2.07. The second-order valence-corrected chi connectivity index (χ2v) is 7.22. The Bertz CT molecular complexity index is 782. The van der Waals surface area contributed by atoms with E-state index in [1.165, 1.54) is 36.7 Å². The summed E-state index contributed by atoms with van der Waals surface area (Å²) in [7, 11) is 3.19. The van der Waals surface area contributed by atoms with Gasteiger partial charge in [0.25, 0.3) is 0 Å². The van der Waals surface area contributed by atoms with E-state index in [2.05, 4.69) is 15.5 Å². The molecule has 3 rings (SSSR count). The lowest BCUT2D eigenvalue weighted by atomic mass is 9.90. The fraction of sp³-hybridized carbons (Fsp3) is 0.421. The Morgan fingerprint density at radius 1 is 1.19 bits per heavy atom. The van der Waals surface area contributed by atoms with Gasteiger partial charge in [0, 0.05) is 17.6 Å². The molecule has 26 heavy (non-hydrogen) atoms. The maximum Gasteiger partial charge on any atom is 0.250 e. The molecule has 0 radical (unpaired) electrons. The molecule has 138 valence electrons. The number of nitrogens with zero attached hydrogens (tertiary/aromatic N) is 2. The van der Waals surface area contributed by atoms with Crippen LogP contribution in [0.1, 0.15) is 48.6 Å². The number of methoxy groups -OCH3 is 2. The van der Waals surface area contributed by atoms with Crippen LogP contribution in [0.5, 0.6) is 11.5 Å². The number of amides is 1. The molecule has 1 N–H and O–H groups in total. The van der Waals surface area contributed by atoms with Gasteiger partial charge >= 0.3 is 0 Å². The average molecular weight is 373 g/mol. The van der Waals surface area contributed by atoms with Gasteiger partial charge in [0.1, 0.15) is 16.5 Å². The van der Waals surface area contributed by atoms with E-state index in [1.807, 2.05) is 12.1 Å². The fourth-order valence-corrected chi connectivity index (χ4v) is 4.00. The van der Waals surface area contributed by atoms with Crippen LogP contribution in [0.4, 0.5) is 5.13 Å². The van der Waals surface area contributed by atoms with Gasteiger partial charge in [-0.3, -0.25) is 10.1 Å². The molecule has 0 unspecified atom stereocenters. The third-order valence-corrected chi connectivity index (χ3v) is 5.48. The van der Waals surface area contributed by atoms with E-state index in [1.54, 1.807) is 26.4 Å². The standard InChI is InChI=1S/C19H23N3O3S/c1-24-15-9-10-16(25-2)14(12-15)8-11-17(23)20-19-22-21-18(26-19)13-6-4-3-5-7-13/h8-13H,3-7H2,1-2H3,(H,20,22,23). The minimum atomic E-state index is -0.249. The van der Waals surface area contributed by atoms with Crippen molar-refractivity contribution < 1.29 is 14.3 Å². The second-order valence-electron chi connectivity index (χ2n) is 6.21. The summed E-state index contributed by atoms with van der Waals surface area (Å²) in [4.78, 5) is 12.2. The lowest BCUT2D eigenvalue weighted by molar-refractivity contribution is -0.111. The average Bonchev–Trinajstić information content (AvgIpc) is 3.15. The first-order valence-electron chi connectivity index (χ1n) is 8.74. The van der Waals surface area contributed by atoms with Crippen molar-refractivity contribution in [2.24, 2.45) is 0 Å². The first kappa shape index (κ1) is 18.4. The van der Waals surface area contributed by atoms with Gasteiger partial charge in [0.15, 0.2) is 0 Å². The number of aromatic nitrogens is 2. The summed E-state index contributed by atoms with van der Waals surface area (Å²) < 4.78 is 10.5. The number of ether oxygens (including phenoxy) is 2. The Kier molecular flexibility index (Phi) is 6.22. The van der Waals surface area contributed by atoms with Crippen LogP contribution in [0.3, 0.4) is 0 Å². The molecule has 1 aliphatic rings. The summed E-state index contributed by atoms with van der Waals surface area (Å²) in [6, 6.07) is 5.43. The van der Waals surface area contributed by atoms with Crippen LogP contribution in [0.15, 0.2) is 24.3 Å². The topological polar surface area (TPSA) is 73.3 Å². The Balaban J connectivity index is 1.64. The summed E-state index contributed by atoms with van der Waals surface area (Å²) in [6.07, 6.45) is 9.28. The molecule has 1 aromatic carbocycles. The van der Waals surface area contributed by atoms with Crippen molar-refractivity contribution in [2.45, 2.75) is 38.0 Å². The van der Waals surface area contributed by atoms with Gasteiger partial charge in [-0.1, -0.05) is 30.6 Å². The van der Waals surface area contributed by atoms with Crippen molar-refractivity contribution in [3.63, 3.8) is 0 Å². The van der Waals surface area contributed by atoms with Crippen LogP contribution in [0, 0.1) is 0 Å². The minimum absolute atomic E-state index is 0.249. The fourth-order valence-electron chi connectivity index (χ4n) is 3.08. The van der Waals surface area contributed by atoms with Gasteiger partial charge in [0.05, 0.1) is 14.2 Å². The molecule has 0 bridgehead atoms. The van der Waals surface area contributed by atoms with E-state index in [9.17, 15) is 4.79 Å². The van der Waals surface area contributed by atoms with Gasteiger partial charge < -0.3 is 9.47 Å². The quantitative estimate of drug-likeness (QED) is 0.766. The molecular formula is C19H23N3O3S. The zero-order valence-corrected chi connectivity index (χ0v) is 15.8. The highest BCUT2D eigenvalue weighted by atomic mass is 32.1. The zero-order chi connectivity index (χ0) is 18.4. The smallest absolute Gasteiger partial charge is 0.250 e. The van der Waals surface area contributed by atoms with E-state index >= 15 is 0 Å². The van der Waals surface area contributed by atoms with Crippen molar-refractivity contribution in [1.29, 1.82) is 0 Å². The zero-order valence-electron chi connectivity index (χ0n) is 15.0. The Morgan fingerprint density at radius 3 is 2.73 bits per heavy atom. The van der Waals surface area contributed by atoms with E-state index in [0.29, 0.717) is 22.5 Å². The Labute approximate surface area is 157 Å². The van der Waals surface area contributed by atoms with E-state index in [-0.39, 0.29) is 5.91 Å². The van der Waals surface area contributed by atoms with Crippen LogP contribution in [0.2, 0.25) is 0 Å². The molecule has 6 nitrogen and oxygen atoms in total. The lowest BCUT2D eigenvalue weighted by Gasteiger charge is -2.18. The molecule has 1 aliphatic carbocycles. The van der Waals surface area contributed by atoms with Crippen LogP contribution in [-0.4, -0.2) is 30.3 Å². The summed E-state index contributed by atoms with van der Waals surface area (Å²) in [6.45, 7) is 0. The number of nitrogens with one attached hydrogen (secondary N) is 1. The second kappa shape index (κ2) is 8.80. The van der Waals surface area contributed by atoms with Crippen LogP contribution in [0.25, 0.3) is 6.08 Å². The maximum absolute atomic E-state index is 12.2. The molecule has 1 fully saturated rings. The molecule has 2 aromatic rings. The summed E-state index contributed by atoms with van der Waals surface area (Å²) in [5, 5.41) is 12.7. The van der Waals surface area contributed by atoms with Gasteiger partial charge in [0.2, 0.25) is 11.0 Å². The van der Waals surface area contributed by atoms with E-state index in [0.717, 1.165) is 23.4 Å². The van der Waals surface area contributed by atoms with Crippen LogP contribution >= 0.6 is 11.3 Å². The molecule has 0 atom stereocenters. The van der Waals surface area contributed by atoms with E-state index in [4.69, 9.17) is 9.47 Å². The molecule has 1 saturated carbocycles. The maximum atomic E-state index is 12.2. The summed E-state index contributed by atoms with van der Waals surface area (Å²) in [5.41, 5.74) is 0.766. The predicted molar refractivity (Wildman–Crippen MR) is 103 cm³/mol. The highest BCUT2D eigenvalue weighted by Crippen LogP contribution is 2.35. The monoisotopic (exact) mass is 373 g/mol. The molecular weight excluding hydrogens is 350 g/mol. The molecule has 0 spiro atoms. The minimum Gasteiger partial charge on any atom is -0.497 e. The molecule has 7 heteroatoms. The molecule has 0 aliphatic heterocycles. The number of rotatable bonds is 6. The Hall–Kier alpha value is -2.41. The van der Waals surface area contributed by atoms with Gasteiger partial charge in [-0.05, 0) is 37.1 Å². The van der Waals surface area contributed by atoms with Gasteiger partial charge in [-0.2, -0.15) is 0 Å². The SMILES string of the molecule is COc1ccc(OC)c(C=CC(=O)Nc2nnc(C3CCCCC3)s2)c1. The molecule has 1 amide bonds. The number of carbonyl (C=O) groups is 1. The van der Waals surface area contributed by atoms with Crippen molar-refractivity contribution in [1.82, 2.24) is 10.2 Å². The third kappa shape index (κ3) is 4.60. The number of hydrogen-bond acceptors (Lipinski definition) is 6. The Morgan fingerprint density at radius 2 is 2.00 bits per heavy atom. The highest BCUT2D eigenvalue weighted by molar-refractivity contribution is 7.15. The number of anilines is 1. The molecule has 1 aromatic heterocycles.